The lowest BCUT2D eigenvalue weighted by Crippen LogP contribution is -2.15. The average Bonchev–Trinajstić information content (AvgIpc) is 2.76. The molecule has 28 heavy (non-hydrogen) atoms. The summed E-state index contributed by atoms with van der Waals surface area (Å²) in [6, 6.07) is 13.7. The van der Waals surface area contributed by atoms with E-state index in [0.717, 1.165) is 48.0 Å². The van der Waals surface area contributed by atoms with Crippen molar-refractivity contribution in [1.29, 1.82) is 5.26 Å². The number of nitrogens with zero attached hydrogens (tertiary/aromatic N) is 3. The molecule has 1 heterocycles. The smallest absolute Gasteiger partial charge is 0.0991 e. The second-order valence-electron chi connectivity index (χ2n) is 8.06. The Morgan fingerprint density at radius 1 is 0.857 bits per heavy atom. The van der Waals surface area contributed by atoms with E-state index in [1.54, 1.807) is 0 Å². The van der Waals surface area contributed by atoms with E-state index >= 15 is 0 Å². The van der Waals surface area contributed by atoms with E-state index in [1.165, 1.54) is 44.9 Å². The van der Waals surface area contributed by atoms with Crippen LogP contribution in [0, 0.1) is 23.2 Å². The summed E-state index contributed by atoms with van der Waals surface area (Å²) in [7, 11) is 0. The van der Waals surface area contributed by atoms with Crippen LogP contribution in [-0.2, 0) is 6.42 Å². The molecule has 148 valence electrons. The van der Waals surface area contributed by atoms with E-state index in [1.807, 2.05) is 30.3 Å². The van der Waals surface area contributed by atoms with E-state index in [0.29, 0.717) is 5.56 Å². The zero-order valence-corrected chi connectivity index (χ0v) is 16.6. The van der Waals surface area contributed by atoms with Gasteiger partial charge in [-0.3, -0.25) is 4.39 Å². The molecule has 3 rings (SSSR count). The third-order valence-corrected chi connectivity index (χ3v) is 6.05. The Morgan fingerprint density at radius 3 is 2.18 bits per heavy atom. The Bertz CT molecular complexity index is 741. The zero-order chi connectivity index (χ0) is 19.6. The van der Waals surface area contributed by atoms with Crippen molar-refractivity contribution in [1.82, 2.24) is 10.2 Å². The molecule has 4 heteroatoms. The van der Waals surface area contributed by atoms with Gasteiger partial charge in [0.15, 0.2) is 0 Å². The van der Waals surface area contributed by atoms with Crippen molar-refractivity contribution in [3.8, 4) is 17.3 Å². The Hall–Kier alpha value is -2.28. The lowest BCUT2D eigenvalue weighted by Gasteiger charge is -2.28. The molecule has 1 aromatic heterocycles. The third kappa shape index (κ3) is 6.12. The lowest BCUT2D eigenvalue weighted by atomic mass is 9.78. The Labute approximate surface area is 168 Å². The molecule has 3 nitrogen and oxygen atoms in total. The highest BCUT2D eigenvalue weighted by atomic mass is 19.1. The molecule has 0 N–H and O–H groups in total. The second-order valence-corrected chi connectivity index (χ2v) is 8.06. The van der Waals surface area contributed by atoms with Gasteiger partial charge in [-0.05, 0) is 55.4 Å². The van der Waals surface area contributed by atoms with Crippen molar-refractivity contribution in [2.45, 2.75) is 64.2 Å². The maximum atomic E-state index is 12.2. The van der Waals surface area contributed by atoms with Gasteiger partial charge < -0.3 is 0 Å². The van der Waals surface area contributed by atoms with Crippen LogP contribution < -0.4 is 0 Å². The molecule has 1 saturated carbocycles. The average molecular weight is 380 g/mol. The summed E-state index contributed by atoms with van der Waals surface area (Å²) in [5, 5.41) is 17.7. The monoisotopic (exact) mass is 379 g/mol. The van der Waals surface area contributed by atoms with Crippen molar-refractivity contribution in [3.05, 3.63) is 47.7 Å². The second kappa shape index (κ2) is 10.9. The molecule has 1 aliphatic rings. The summed E-state index contributed by atoms with van der Waals surface area (Å²) in [5.41, 5.74) is 3.55. The van der Waals surface area contributed by atoms with Crippen LogP contribution >= 0.6 is 0 Å². The number of aryl methyl sites for hydroxylation is 1. The van der Waals surface area contributed by atoms with Crippen LogP contribution in [0.1, 0.15) is 69.0 Å². The van der Waals surface area contributed by atoms with Gasteiger partial charge in [-0.2, -0.15) is 15.5 Å². The first-order valence-electron chi connectivity index (χ1n) is 10.7. The summed E-state index contributed by atoms with van der Waals surface area (Å²) in [5.74, 6) is 1.67. The molecule has 1 fully saturated rings. The van der Waals surface area contributed by atoms with Gasteiger partial charge in [-0.25, -0.2) is 0 Å². The molecule has 0 spiro atoms. The lowest BCUT2D eigenvalue weighted by molar-refractivity contribution is 0.247. The first kappa shape index (κ1) is 20.5. The van der Waals surface area contributed by atoms with Crippen LogP contribution in [0.5, 0.6) is 0 Å². The number of benzene rings is 1. The van der Waals surface area contributed by atoms with Crippen molar-refractivity contribution < 1.29 is 4.39 Å². The molecule has 0 unspecified atom stereocenters. The van der Waals surface area contributed by atoms with Gasteiger partial charge in [0.2, 0.25) is 0 Å². The standard InChI is InChI=1S/C24H30FN3/c25-17-3-1-2-4-19-5-7-20(8-6-19)11-14-23-15-16-24(28-27-23)22-12-9-21(18-26)10-13-22/h9-10,12-13,15-16,19-20H,1-8,11,14,17H2. The highest BCUT2D eigenvalue weighted by molar-refractivity contribution is 5.59. The summed E-state index contributed by atoms with van der Waals surface area (Å²) in [6.45, 7) is -0.163. The largest absolute Gasteiger partial charge is 0.251 e. The number of aromatic nitrogens is 2. The topological polar surface area (TPSA) is 49.6 Å². The van der Waals surface area contributed by atoms with Crippen LogP contribution in [-0.4, -0.2) is 16.9 Å². The SMILES string of the molecule is N#Cc1ccc(-c2ccc(CCC3CCC(CCCCCF)CC3)nn2)cc1. The maximum Gasteiger partial charge on any atom is 0.0991 e. The predicted molar refractivity (Wildman–Crippen MR) is 110 cm³/mol. The van der Waals surface area contributed by atoms with Crippen LogP contribution in [0.3, 0.4) is 0 Å². The highest BCUT2D eigenvalue weighted by Gasteiger charge is 2.20. The number of hydrogen-bond donors (Lipinski definition) is 0. The fourth-order valence-electron chi connectivity index (χ4n) is 4.23. The predicted octanol–water partition coefficient (Wildman–Crippen LogP) is 6.28. The Kier molecular flexibility index (Phi) is 7.96. The first-order chi connectivity index (χ1) is 13.8. The highest BCUT2D eigenvalue weighted by Crippen LogP contribution is 2.34. The summed E-state index contributed by atoms with van der Waals surface area (Å²) >= 11 is 0. The molecule has 0 radical (unpaired) electrons. The van der Waals surface area contributed by atoms with E-state index in [4.69, 9.17) is 5.26 Å². The number of unbranched alkanes of at least 4 members (excludes halogenated alkanes) is 2. The Balaban J connectivity index is 1.40. The fraction of sp³-hybridized carbons (Fsp3) is 0.542. The molecule has 2 aromatic rings. The molecule has 0 atom stereocenters. The van der Waals surface area contributed by atoms with Gasteiger partial charge in [0.05, 0.1) is 29.7 Å². The summed E-state index contributed by atoms with van der Waals surface area (Å²) in [6.07, 6.45) is 11.8. The molecule has 0 aliphatic heterocycles. The summed E-state index contributed by atoms with van der Waals surface area (Å²) < 4.78 is 12.2. The van der Waals surface area contributed by atoms with Gasteiger partial charge in [-0.15, -0.1) is 0 Å². The summed E-state index contributed by atoms with van der Waals surface area (Å²) in [4.78, 5) is 0. The van der Waals surface area contributed by atoms with Crippen molar-refractivity contribution >= 4 is 0 Å². The van der Waals surface area contributed by atoms with E-state index < -0.39 is 0 Å². The van der Waals surface area contributed by atoms with Gasteiger partial charge in [0, 0.05) is 5.56 Å². The van der Waals surface area contributed by atoms with Gasteiger partial charge >= 0.3 is 0 Å². The molecule has 0 saturated heterocycles. The fourth-order valence-corrected chi connectivity index (χ4v) is 4.23. The van der Waals surface area contributed by atoms with Crippen LogP contribution in [0.15, 0.2) is 36.4 Å². The molecular weight excluding hydrogens is 349 g/mol. The quantitative estimate of drug-likeness (QED) is 0.481. The maximum absolute atomic E-state index is 12.2. The van der Waals surface area contributed by atoms with E-state index in [-0.39, 0.29) is 6.67 Å². The van der Waals surface area contributed by atoms with Crippen molar-refractivity contribution in [3.63, 3.8) is 0 Å². The number of nitriles is 1. The van der Waals surface area contributed by atoms with Crippen LogP contribution in [0.4, 0.5) is 4.39 Å². The molecular formula is C24H30FN3. The minimum absolute atomic E-state index is 0.163. The number of rotatable bonds is 9. The molecule has 0 bridgehead atoms. The first-order valence-corrected chi connectivity index (χ1v) is 10.7. The van der Waals surface area contributed by atoms with E-state index in [2.05, 4.69) is 22.3 Å². The van der Waals surface area contributed by atoms with Gasteiger partial charge in [0.25, 0.3) is 0 Å². The normalized spacial score (nSPS) is 19.3. The van der Waals surface area contributed by atoms with Crippen molar-refractivity contribution in [2.75, 3.05) is 6.67 Å². The Morgan fingerprint density at radius 2 is 1.57 bits per heavy atom. The van der Waals surface area contributed by atoms with Gasteiger partial charge in [-0.1, -0.05) is 57.1 Å². The van der Waals surface area contributed by atoms with Crippen molar-refractivity contribution in [2.24, 2.45) is 11.8 Å². The minimum Gasteiger partial charge on any atom is -0.251 e. The molecule has 1 aliphatic carbocycles. The third-order valence-electron chi connectivity index (χ3n) is 6.05. The number of alkyl halides is 1. The molecule has 1 aromatic carbocycles. The minimum atomic E-state index is -0.163. The van der Waals surface area contributed by atoms with Crippen LogP contribution in [0.2, 0.25) is 0 Å². The zero-order valence-electron chi connectivity index (χ0n) is 16.6. The van der Waals surface area contributed by atoms with Crippen LogP contribution in [0.25, 0.3) is 11.3 Å². The molecule has 0 amide bonds. The van der Waals surface area contributed by atoms with Gasteiger partial charge in [0.1, 0.15) is 0 Å². The number of hydrogen-bond acceptors (Lipinski definition) is 3. The number of halogens is 1. The van der Waals surface area contributed by atoms with E-state index in [9.17, 15) is 4.39 Å².